The Kier molecular flexibility index (Phi) is 2.95. The number of rotatable bonds is 0. The van der Waals surface area contributed by atoms with Gasteiger partial charge in [-0.1, -0.05) is 28.8 Å². The van der Waals surface area contributed by atoms with Crippen LogP contribution in [-0.4, -0.2) is 11.7 Å². The van der Waals surface area contributed by atoms with Crippen LogP contribution in [0.3, 0.4) is 0 Å². The molecule has 0 unspecified atom stereocenters. The van der Waals surface area contributed by atoms with Crippen LogP contribution in [0.1, 0.15) is 25.7 Å². The number of benzene rings is 1. The second kappa shape index (κ2) is 4.32. The third-order valence-corrected chi connectivity index (χ3v) is 5.59. The largest absolute Gasteiger partial charge is 0.325 e. The molecule has 4 heteroatoms. The summed E-state index contributed by atoms with van der Waals surface area (Å²) in [6, 6.07) is 6.11. The van der Waals surface area contributed by atoms with Gasteiger partial charge in [0.25, 0.3) is 0 Å². The maximum absolute atomic E-state index is 12.4. The smallest absolute Gasteiger partial charge is 0.231 e. The van der Waals surface area contributed by atoms with Crippen LogP contribution in [0.2, 0.25) is 0 Å². The Labute approximate surface area is 114 Å². The van der Waals surface area contributed by atoms with Crippen molar-refractivity contribution in [2.75, 3.05) is 11.1 Å². The number of amides is 1. The average Bonchev–Trinajstić information content (AvgIpc) is 2.73. The molecule has 0 saturated heterocycles. The molecule has 1 aliphatic heterocycles. The predicted molar refractivity (Wildman–Crippen MR) is 74.4 cm³/mol. The van der Waals surface area contributed by atoms with Crippen LogP contribution < -0.4 is 5.32 Å². The molecule has 1 fully saturated rings. The number of halogens is 1. The summed E-state index contributed by atoms with van der Waals surface area (Å²) < 4.78 is 1.01. The molecule has 90 valence electrons. The van der Waals surface area contributed by atoms with Crippen LogP contribution in [0, 0.1) is 5.41 Å². The number of thioether (sulfide) groups is 1. The van der Waals surface area contributed by atoms with Gasteiger partial charge in [-0.25, -0.2) is 0 Å². The molecular weight excluding hydrogens is 298 g/mol. The van der Waals surface area contributed by atoms with E-state index in [9.17, 15) is 4.79 Å². The van der Waals surface area contributed by atoms with E-state index < -0.39 is 0 Å². The molecule has 2 aliphatic rings. The number of anilines is 1. The zero-order chi connectivity index (χ0) is 11.9. The molecule has 1 aromatic carbocycles. The van der Waals surface area contributed by atoms with E-state index in [1.807, 2.05) is 23.9 Å². The maximum atomic E-state index is 12.4. The minimum absolute atomic E-state index is 0.115. The molecule has 0 atom stereocenters. The Morgan fingerprint density at radius 1 is 1.29 bits per heavy atom. The van der Waals surface area contributed by atoms with Gasteiger partial charge in [-0.3, -0.25) is 4.79 Å². The van der Waals surface area contributed by atoms with Crippen LogP contribution in [0.4, 0.5) is 5.69 Å². The second-order valence-electron chi connectivity index (χ2n) is 4.87. The summed E-state index contributed by atoms with van der Waals surface area (Å²) >= 11 is 5.26. The molecule has 17 heavy (non-hydrogen) atoms. The number of nitrogens with one attached hydrogen (secondary N) is 1. The molecule has 1 aliphatic carbocycles. The van der Waals surface area contributed by atoms with E-state index in [4.69, 9.17) is 0 Å². The first-order chi connectivity index (χ1) is 8.20. The average molecular weight is 312 g/mol. The van der Waals surface area contributed by atoms with E-state index in [1.54, 1.807) is 0 Å². The predicted octanol–water partition coefficient (Wildman–Crippen LogP) is 4.05. The van der Waals surface area contributed by atoms with Crippen LogP contribution in [0.15, 0.2) is 27.6 Å². The Bertz CT molecular complexity index is 468. The summed E-state index contributed by atoms with van der Waals surface area (Å²) in [6.45, 7) is 0. The van der Waals surface area contributed by atoms with E-state index >= 15 is 0 Å². The number of carbonyl (C=O) groups excluding carboxylic acids is 1. The van der Waals surface area contributed by atoms with Gasteiger partial charge in [0, 0.05) is 15.1 Å². The van der Waals surface area contributed by atoms with Gasteiger partial charge in [0.15, 0.2) is 0 Å². The van der Waals surface area contributed by atoms with Crippen molar-refractivity contribution >= 4 is 39.3 Å². The highest BCUT2D eigenvalue weighted by atomic mass is 79.9. The van der Waals surface area contributed by atoms with Gasteiger partial charge in [-0.05, 0) is 31.0 Å². The highest BCUT2D eigenvalue weighted by Crippen LogP contribution is 2.46. The molecule has 1 saturated carbocycles. The van der Waals surface area contributed by atoms with Crippen molar-refractivity contribution in [1.29, 1.82) is 0 Å². The van der Waals surface area contributed by atoms with Gasteiger partial charge < -0.3 is 5.32 Å². The van der Waals surface area contributed by atoms with Crippen molar-refractivity contribution in [3.63, 3.8) is 0 Å². The number of hydrogen-bond donors (Lipinski definition) is 1. The quantitative estimate of drug-likeness (QED) is 0.783. The fourth-order valence-electron chi connectivity index (χ4n) is 2.69. The highest BCUT2D eigenvalue weighted by molar-refractivity contribution is 9.10. The molecule has 1 amide bonds. The second-order valence-corrected chi connectivity index (χ2v) is 6.80. The zero-order valence-corrected chi connectivity index (χ0v) is 11.9. The Morgan fingerprint density at radius 3 is 2.82 bits per heavy atom. The van der Waals surface area contributed by atoms with Crippen molar-refractivity contribution in [3.05, 3.63) is 22.7 Å². The molecule has 1 aromatic rings. The zero-order valence-electron chi connectivity index (χ0n) is 9.46. The SMILES string of the molecule is O=C1Nc2cc(Br)ccc2SCC12CCCC2. The topological polar surface area (TPSA) is 29.1 Å². The van der Waals surface area contributed by atoms with Gasteiger partial charge in [0.2, 0.25) is 5.91 Å². The molecule has 1 spiro atoms. The summed E-state index contributed by atoms with van der Waals surface area (Å²) in [5, 5.41) is 3.11. The van der Waals surface area contributed by atoms with E-state index in [-0.39, 0.29) is 11.3 Å². The minimum atomic E-state index is -0.115. The Hall–Kier alpha value is -0.480. The summed E-state index contributed by atoms with van der Waals surface area (Å²) in [7, 11) is 0. The normalized spacial score (nSPS) is 22.1. The molecular formula is C13H14BrNOS. The van der Waals surface area contributed by atoms with Crippen LogP contribution in [0.5, 0.6) is 0 Å². The van der Waals surface area contributed by atoms with E-state index in [0.717, 1.165) is 28.8 Å². The lowest BCUT2D eigenvalue weighted by Gasteiger charge is -2.24. The lowest BCUT2D eigenvalue weighted by atomic mass is 9.87. The van der Waals surface area contributed by atoms with Gasteiger partial charge >= 0.3 is 0 Å². The first-order valence-corrected chi connectivity index (χ1v) is 7.71. The monoisotopic (exact) mass is 311 g/mol. The fraction of sp³-hybridized carbons (Fsp3) is 0.462. The lowest BCUT2D eigenvalue weighted by molar-refractivity contribution is -0.124. The van der Waals surface area contributed by atoms with Crippen molar-refractivity contribution in [2.45, 2.75) is 30.6 Å². The first-order valence-electron chi connectivity index (χ1n) is 5.93. The number of fused-ring (bicyclic) bond motifs is 1. The van der Waals surface area contributed by atoms with Crippen LogP contribution in [-0.2, 0) is 4.79 Å². The van der Waals surface area contributed by atoms with Gasteiger partial charge in [-0.15, -0.1) is 11.8 Å². The van der Waals surface area contributed by atoms with Crippen molar-refractivity contribution in [2.24, 2.45) is 5.41 Å². The summed E-state index contributed by atoms with van der Waals surface area (Å²) in [6.07, 6.45) is 4.46. The van der Waals surface area contributed by atoms with E-state index in [2.05, 4.69) is 27.3 Å². The summed E-state index contributed by atoms with van der Waals surface area (Å²) in [5.74, 6) is 1.15. The molecule has 3 rings (SSSR count). The third-order valence-electron chi connectivity index (χ3n) is 3.74. The molecule has 2 nitrogen and oxygen atoms in total. The molecule has 0 bridgehead atoms. The van der Waals surface area contributed by atoms with Gasteiger partial charge in [0.1, 0.15) is 0 Å². The van der Waals surface area contributed by atoms with E-state index in [0.29, 0.717) is 0 Å². The molecule has 0 radical (unpaired) electrons. The van der Waals surface area contributed by atoms with E-state index in [1.165, 1.54) is 17.7 Å². The third kappa shape index (κ3) is 2.02. The Balaban J connectivity index is 1.96. The summed E-state index contributed by atoms with van der Waals surface area (Å²) in [5.41, 5.74) is 0.842. The number of hydrogen-bond acceptors (Lipinski definition) is 2. The van der Waals surface area contributed by atoms with Crippen molar-refractivity contribution < 1.29 is 4.79 Å². The van der Waals surface area contributed by atoms with Crippen LogP contribution >= 0.6 is 27.7 Å². The first kappa shape index (κ1) is 11.6. The molecule has 1 N–H and O–H groups in total. The minimum Gasteiger partial charge on any atom is -0.325 e. The van der Waals surface area contributed by atoms with Crippen LogP contribution in [0.25, 0.3) is 0 Å². The molecule has 0 aromatic heterocycles. The lowest BCUT2D eigenvalue weighted by Crippen LogP contribution is -2.34. The highest BCUT2D eigenvalue weighted by Gasteiger charge is 2.42. The molecule has 1 heterocycles. The Morgan fingerprint density at radius 2 is 2.06 bits per heavy atom. The van der Waals surface area contributed by atoms with Gasteiger partial charge in [0.05, 0.1) is 11.1 Å². The van der Waals surface area contributed by atoms with Gasteiger partial charge in [-0.2, -0.15) is 0 Å². The van der Waals surface area contributed by atoms with Crippen molar-refractivity contribution in [3.8, 4) is 0 Å². The maximum Gasteiger partial charge on any atom is 0.231 e. The summed E-state index contributed by atoms with van der Waals surface area (Å²) in [4.78, 5) is 13.6. The number of carbonyl (C=O) groups is 1. The fourth-order valence-corrected chi connectivity index (χ4v) is 4.33. The van der Waals surface area contributed by atoms with Crippen molar-refractivity contribution in [1.82, 2.24) is 0 Å². The standard InChI is InChI=1S/C13H14BrNOS/c14-9-3-4-11-10(7-9)15-12(16)13(8-17-11)5-1-2-6-13/h3-4,7H,1-2,5-6,8H2,(H,15,16).